The Labute approximate surface area is 170 Å². The molecule has 0 aliphatic rings. The first-order valence-corrected chi connectivity index (χ1v) is 9.81. The molecule has 144 valence electrons. The Morgan fingerprint density at radius 1 is 0.893 bits per heavy atom. The van der Waals surface area contributed by atoms with Gasteiger partial charge in [-0.15, -0.1) is 22.7 Å². The summed E-state index contributed by atoms with van der Waals surface area (Å²) in [6, 6.07) is 1.76. The number of carbonyl (C=O) groups is 1. The van der Waals surface area contributed by atoms with Crippen LogP contribution in [0.4, 0.5) is 0 Å². The second-order valence-corrected chi connectivity index (χ2v) is 7.08. The van der Waals surface area contributed by atoms with Crippen molar-refractivity contribution in [1.29, 1.82) is 0 Å². The first kappa shape index (κ1) is 19.7. The summed E-state index contributed by atoms with van der Waals surface area (Å²) >= 11 is 2.89. The van der Waals surface area contributed by atoms with Crippen molar-refractivity contribution >= 4 is 52.3 Å². The van der Waals surface area contributed by atoms with E-state index in [9.17, 15) is 4.79 Å². The van der Waals surface area contributed by atoms with Gasteiger partial charge in [0, 0.05) is 35.4 Å². The van der Waals surface area contributed by atoms with E-state index in [1.54, 1.807) is 44.8 Å². The van der Waals surface area contributed by atoms with E-state index in [0.29, 0.717) is 33.3 Å². The Balaban J connectivity index is 2.08. The van der Waals surface area contributed by atoms with Crippen molar-refractivity contribution in [1.82, 2.24) is 15.0 Å². The van der Waals surface area contributed by atoms with E-state index in [-0.39, 0.29) is 0 Å². The second kappa shape index (κ2) is 9.25. The van der Waals surface area contributed by atoms with Gasteiger partial charge in [0.05, 0.1) is 32.6 Å². The average molecular weight is 415 g/mol. The van der Waals surface area contributed by atoms with Gasteiger partial charge >= 0.3 is 5.97 Å². The van der Waals surface area contributed by atoms with Crippen molar-refractivity contribution in [2.24, 2.45) is 0 Å². The third kappa shape index (κ3) is 4.44. The lowest BCUT2D eigenvalue weighted by Gasteiger charge is -2.08. The Kier molecular flexibility index (Phi) is 6.51. The van der Waals surface area contributed by atoms with Crippen LogP contribution in [0.15, 0.2) is 35.4 Å². The van der Waals surface area contributed by atoms with Crippen LogP contribution in [0.5, 0.6) is 0 Å². The van der Waals surface area contributed by atoms with Crippen molar-refractivity contribution in [3.05, 3.63) is 62.3 Å². The third-order valence-corrected chi connectivity index (χ3v) is 5.23. The van der Waals surface area contributed by atoms with Crippen LogP contribution in [-0.2, 0) is 14.2 Å². The fourth-order valence-corrected chi connectivity index (χ4v) is 3.61. The third-order valence-electron chi connectivity index (χ3n) is 3.65. The molecule has 0 unspecified atom stereocenters. The maximum atomic E-state index is 12.2. The molecule has 9 heteroatoms. The van der Waals surface area contributed by atoms with Crippen molar-refractivity contribution in [3.8, 4) is 0 Å². The number of methoxy groups -OCH3 is 3. The normalized spacial score (nSPS) is 12.0. The second-order valence-electron chi connectivity index (χ2n) is 5.29. The highest BCUT2D eigenvalue weighted by Gasteiger charge is 2.15. The molecule has 7 nitrogen and oxygen atoms in total. The molecule has 3 rings (SSSR count). The van der Waals surface area contributed by atoms with Gasteiger partial charge in [-0.2, -0.15) is 0 Å². The predicted octanol–water partition coefficient (Wildman–Crippen LogP) is 4.07. The molecule has 0 aromatic carbocycles. The number of rotatable bonds is 7. The molecule has 3 heterocycles. The molecule has 0 saturated heterocycles. The summed E-state index contributed by atoms with van der Waals surface area (Å²) in [5.74, 6) is 0.624. The van der Waals surface area contributed by atoms with Crippen molar-refractivity contribution < 1.29 is 19.0 Å². The monoisotopic (exact) mass is 415 g/mol. The predicted molar refractivity (Wildman–Crippen MR) is 110 cm³/mol. The summed E-state index contributed by atoms with van der Waals surface area (Å²) in [6.07, 6.45) is 8.35. The van der Waals surface area contributed by atoms with Gasteiger partial charge in [-0.25, -0.2) is 14.8 Å². The van der Waals surface area contributed by atoms with E-state index in [2.05, 4.69) is 15.0 Å². The zero-order chi connectivity index (χ0) is 19.9. The van der Waals surface area contributed by atoms with Gasteiger partial charge in [-0.3, -0.25) is 4.98 Å². The number of pyridine rings is 1. The maximum absolute atomic E-state index is 12.2. The molecular weight excluding hydrogens is 398 g/mol. The standard InChI is InChI=1S/C19H17N3O4S2/c1-24-15(17-20-4-6-27-17)9-12-8-13(22-11-14(12)19(23)26-3)10-16(25-2)18-21-5-7-28-18/h4-11H,1-3H3/b15-9+,16-10+. The minimum Gasteiger partial charge on any atom is -0.494 e. The molecule has 0 amide bonds. The van der Waals surface area contributed by atoms with E-state index in [4.69, 9.17) is 14.2 Å². The van der Waals surface area contributed by atoms with Crippen molar-refractivity contribution in [2.75, 3.05) is 21.3 Å². The molecule has 0 bridgehead atoms. The zero-order valence-electron chi connectivity index (χ0n) is 15.4. The van der Waals surface area contributed by atoms with E-state index >= 15 is 0 Å². The lowest BCUT2D eigenvalue weighted by Crippen LogP contribution is -2.05. The molecular formula is C19H17N3O4S2. The highest BCUT2D eigenvalue weighted by Crippen LogP contribution is 2.25. The fraction of sp³-hybridized carbons (Fsp3) is 0.158. The zero-order valence-corrected chi connectivity index (χ0v) is 17.0. The summed E-state index contributed by atoms with van der Waals surface area (Å²) in [7, 11) is 4.45. The van der Waals surface area contributed by atoms with Crippen LogP contribution in [0, 0.1) is 0 Å². The highest BCUT2D eigenvalue weighted by molar-refractivity contribution is 7.10. The number of aromatic nitrogens is 3. The smallest absolute Gasteiger partial charge is 0.340 e. The minimum atomic E-state index is -0.490. The Hall–Kier alpha value is -3.04. The number of esters is 1. The van der Waals surface area contributed by atoms with E-state index in [0.717, 1.165) is 5.01 Å². The van der Waals surface area contributed by atoms with Gasteiger partial charge in [0.1, 0.15) is 0 Å². The summed E-state index contributed by atoms with van der Waals surface area (Å²) < 4.78 is 15.8. The molecule has 0 radical (unpaired) electrons. The van der Waals surface area contributed by atoms with Crippen LogP contribution in [0.3, 0.4) is 0 Å². The molecule has 3 aromatic rings. The number of carbonyl (C=O) groups excluding carboxylic acids is 1. The number of nitrogens with zero attached hydrogens (tertiary/aromatic N) is 3. The topological polar surface area (TPSA) is 83.4 Å². The van der Waals surface area contributed by atoms with Crippen LogP contribution in [0.1, 0.15) is 31.6 Å². The van der Waals surface area contributed by atoms with E-state index in [1.807, 2.05) is 10.8 Å². The van der Waals surface area contributed by atoms with Crippen LogP contribution < -0.4 is 0 Å². The summed E-state index contributed by atoms with van der Waals surface area (Å²) in [4.78, 5) is 25.0. The molecule has 0 saturated carbocycles. The maximum Gasteiger partial charge on any atom is 0.340 e. The Morgan fingerprint density at radius 2 is 1.50 bits per heavy atom. The largest absolute Gasteiger partial charge is 0.494 e. The molecule has 3 aromatic heterocycles. The lowest BCUT2D eigenvalue weighted by molar-refractivity contribution is 0.0600. The first-order chi connectivity index (χ1) is 13.7. The summed E-state index contributed by atoms with van der Waals surface area (Å²) in [6.45, 7) is 0. The minimum absolute atomic E-state index is 0.318. The van der Waals surface area contributed by atoms with Crippen LogP contribution in [0.25, 0.3) is 23.7 Å². The highest BCUT2D eigenvalue weighted by atomic mass is 32.1. The lowest BCUT2D eigenvalue weighted by atomic mass is 10.1. The Morgan fingerprint density at radius 3 is 2.00 bits per heavy atom. The van der Waals surface area contributed by atoms with Gasteiger partial charge in [0.2, 0.25) is 0 Å². The Bertz CT molecular complexity index is 996. The van der Waals surface area contributed by atoms with Gasteiger partial charge in [-0.05, 0) is 17.7 Å². The quantitative estimate of drug-likeness (QED) is 0.425. The number of hydrogen-bond donors (Lipinski definition) is 0. The average Bonchev–Trinajstić information content (AvgIpc) is 3.44. The van der Waals surface area contributed by atoms with Gasteiger partial charge < -0.3 is 14.2 Å². The first-order valence-electron chi connectivity index (χ1n) is 8.05. The SMILES string of the molecule is COC(=O)c1cnc(/C=C(/OC)c2nccs2)cc1/C=C(/OC)c1nccs1. The van der Waals surface area contributed by atoms with E-state index < -0.39 is 5.97 Å². The van der Waals surface area contributed by atoms with Crippen LogP contribution in [0.2, 0.25) is 0 Å². The van der Waals surface area contributed by atoms with Gasteiger partial charge in [-0.1, -0.05) is 0 Å². The molecule has 0 aliphatic heterocycles. The van der Waals surface area contributed by atoms with Crippen LogP contribution in [-0.4, -0.2) is 42.3 Å². The molecule has 0 atom stereocenters. The number of hydrogen-bond acceptors (Lipinski definition) is 9. The molecule has 0 N–H and O–H groups in total. The molecule has 0 aliphatic carbocycles. The van der Waals surface area contributed by atoms with Gasteiger partial charge in [0.25, 0.3) is 0 Å². The summed E-state index contributed by atoms with van der Waals surface area (Å²) in [5.41, 5.74) is 1.51. The van der Waals surface area contributed by atoms with Crippen molar-refractivity contribution in [3.63, 3.8) is 0 Å². The molecule has 0 spiro atoms. The van der Waals surface area contributed by atoms with Crippen LogP contribution >= 0.6 is 22.7 Å². The van der Waals surface area contributed by atoms with Gasteiger partial charge in [0.15, 0.2) is 21.5 Å². The fourth-order valence-electron chi connectivity index (χ4n) is 2.35. The molecule has 0 fully saturated rings. The number of thiazole rings is 2. The molecule has 28 heavy (non-hydrogen) atoms. The van der Waals surface area contributed by atoms with Crippen molar-refractivity contribution in [2.45, 2.75) is 0 Å². The summed E-state index contributed by atoms with van der Waals surface area (Å²) in [5, 5.41) is 5.15. The van der Waals surface area contributed by atoms with E-state index in [1.165, 1.54) is 36.0 Å². The number of ether oxygens (including phenoxy) is 3.